The normalized spacial score (nSPS) is 15.2. The molecule has 0 radical (unpaired) electrons. The first-order valence-electron chi connectivity index (χ1n) is 15.1. The van der Waals surface area contributed by atoms with E-state index in [9.17, 15) is 22.8 Å². The van der Waals surface area contributed by atoms with Crippen molar-refractivity contribution >= 4 is 39.6 Å². The fourth-order valence-corrected chi connectivity index (χ4v) is 6.43. The molecule has 2 aliphatic rings. The van der Waals surface area contributed by atoms with Crippen molar-refractivity contribution in [3.05, 3.63) is 95.1 Å². The van der Waals surface area contributed by atoms with Crippen molar-refractivity contribution in [3.8, 4) is 11.1 Å². The smallest absolute Gasteiger partial charge is 0.372 e. The van der Waals surface area contributed by atoms with E-state index in [-0.39, 0.29) is 22.4 Å². The molecule has 0 bridgehead atoms. The second kappa shape index (κ2) is 11.3. The number of alkyl halides is 3. The predicted octanol–water partition coefficient (Wildman–Crippen LogP) is 6.21. The highest BCUT2D eigenvalue weighted by Gasteiger charge is 2.39. The molecule has 2 aromatic carbocycles. The van der Waals surface area contributed by atoms with Crippen molar-refractivity contribution < 1.29 is 31.5 Å². The van der Waals surface area contributed by atoms with Crippen LogP contribution in [-0.2, 0) is 24.4 Å². The number of hydrogen-bond acceptors (Lipinski definition) is 5. The third-order valence-electron chi connectivity index (χ3n) is 8.90. The number of imidazole rings is 1. The van der Waals surface area contributed by atoms with E-state index in [4.69, 9.17) is 0 Å². The van der Waals surface area contributed by atoms with Gasteiger partial charge in [-0.1, -0.05) is 12.1 Å². The number of ketones is 1. The van der Waals surface area contributed by atoms with E-state index in [2.05, 4.69) is 15.2 Å². The van der Waals surface area contributed by atoms with Crippen LogP contribution in [0.4, 0.5) is 33.3 Å². The zero-order valence-electron chi connectivity index (χ0n) is 25.5. The summed E-state index contributed by atoms with van der Waals surface area (Å²) in [6.07, 6.45) is 2.56. The first kappa shape index (κ1) is 30.6. The lowest BCUT2D eigenvalue weighted by Crippen LogP contribution is -2.37. The van der Waals surface area contributed by atoms with Crippen LogP contribution in [0.5, 0.6) is 0 Å². The van der Waals surface area contributed by atoms with Crippen LogP contribution in [0.2, 0.25) is 0 Å². The standard InChI is InChI=1S/C34H29F5N6O2/c1-42-13-8-19-16-26(33(47)20-14-23(35)29(24(36)15-20)41-27(46)7-4-9-44-10-5-11-44)45-12-3-6-21(31(19)45)28-22(34(37,38)39)17-25-30(32(28)42)40-18-43(25)2/h3-4,6-7,12,14-18H,5,8-11,13H2,1-2H3,(H,41,46)/b7-4+. The largest absolute Gasteiger partial charge is 0.417 e. The third-order valence-corrected chi connectivity index (χ3v) is 8.90. The van der Waals surface area contributed by atoms with Crippen LogP contribution in [0.3, 0.4) is 0 Å². The monoisotopic (exact) mass is 648 g/mol. The van der Waals surface area contributed by atoms with Crippen LogP contribution in [0.25, 0.3) is 27.7 Å². The summed E-state index contributed by atoms with van der Waals surface area (Å²) < 4.78 is 77.4. The summed E-state index contributed by atoms with van der Waals surface area (Å²) >= 11 is 0. The van der Waals surface area contributed by atoms with Crippen LogP contribution >= 0.6 is 0 Å². The van der Waals surface area contributed by atoms with Gasteiger partial charge in [0.1, 0.15) is 22.8 Å². The molecule has 5 heterocycles. The van der Waals surface area contributed by atoms with E-state index >= 15 is 8.78 Å². The number of nitrogens with one attached hydrogen (secondary N) is 1. The highest BCUT2D eigenvalue weighted by Crippen LogP contribution is 2.48. The Balaban J connectivity index is 1.30. The first-order chi connectivity index (χ1) is 22.4. The number of aryl methyl sites for hydroxylation is 1. The molecular weight excluding hydrogens is 619 g/mol. The molecule has 0 aliphatic carbocycles. The van der Waals surface area contributed by atoms with Gasteiger partial charge in [-0.15, -0.1) is 0 Å². The maximum Gasteiger partial charge on any atom is 0.417 e. The molecule has 1 N–H and O–H groups in total. The molecule has 3 aromatic heterocycles. The third kappa shape index (κ3) is 5.24. The van der Waals surface area contributed by atoms with Crippen LogP contribution in [-0.4, -0.2) is 63.8 Å². The number of hydrogen-bond donors (Lipinski definition) is 1. The number of aromatic nitrogens is 3. The van der Waals surface area contributed by atoms with E-state index in [0.29, 0.717) is 47.3 Å². The molecule has 242 valence electrons. The van der Waals surface area contributed by atoms with E-state index in [1.807, 2.05) is 0 Å². The SMILES string of the molecule is CN1CCc2cc(C(=O)c3cc(F)c(NC(=O)/C=C/CN4CCC4)c(F)c3)n3cccc(c23)-c2c(C(F)(F)F)cc3c(ncn3C)c21. The van der Waals surface area contributed by atoms with E-state index in [0.717, 1.165) is 37.7 Å². The predicted molar refractivity (Wildman–Crippen MR) is 168 cm³/mol. The van der Waals surface area contributed by atoms with Gasteiger partial charge in [0, 0.05) is 56.1 Å². The summed E-state index contributed by atoms with van der Waals surface area (Å²) in [5, 5.41) is 2.20. The Morgan fingerprint density at radius 3 is 2.47 bits per heavy atom. The van der Waals surface area contributed by atoms with Crippen LogP contribution in [0.1, 0.15) is 33.6 Å². The van der Waals surface area contributed by atoms with Crippen LogP contribution < -0.4 is 10.2 Å². The van der Waals surface area contributed by atoms with Gasteiger partial charge < -0.3 is 19.2 Å². The quantitative estimate of drug-likeness (QED) is 0.135. The van der Waals surface area contributed by atoms with E-state index in [1.54, 1.807) is 43.4 Å². The number of halogens is 5. The first-order valence-corrected chi connectivity index (χ1v) is 15.1. The molecule has 7 rings (SSSR count). The maximum atomic E-state index is 15.2. The number of anilines is 2. The highest BCUT2D eigenvalue weighted by molar-refractivity contribution is 6.11. The Morgan fingerprint density at radius 1 is 1.04 bits per heavy atom. The van der Waals surface area contributed by atoms with E-state index in [1.165, 1.54) is 27.4 Å². The minimum atomic E-state index is -4.71. The average Bonchev–Trinajstić information content (AvgIpc) is 3.56. The second-order valence-electron chi connectivity index (χ2n) is 11.9. The van der Waals surface area contributed by atoms with Crippen molar-refractivity contribution in [2.75, 3.05) is 43.4 Å². The number of rotatable bonds is 6. The lowest BCUT2D eigenvalue weighted by molar-refractivity contribution is -0.137. The molecule has 0 spiro atoms. The number of likely N-dealkylation sites (N-methyl/N-ethyl adjacent to an activating group) is 1. The molecule has 1 fully saturated rings. The Kier molecular flexibility index (Phi) is 7.38. The van der Waals surface area contributed by atoms with Crippen LogP contribution in [0.15, 0.2) is 61.1 Å². The zero-order chi connectivity index (χ0) is 33.2. The molecule has 1 amide bonds. The Labute approximate surface area is 265 Å². The number of carbonyl (C=O) groups excluding carboxylic acids is 2. The van der Waals surface area contributed by atoms with E-state index < -0.39 is 40.8 Å². The summed E-state index contributed by atoms with van der Waals surface area (Å²) in [6.45, 7) is 2.72. The molecule has 2 aliphatic heterocycles. The number of amides is 1. The average molecular weight is 649 g/mol. The summed E-state index contributed by atoms with van der Waals surface area (Å²) in [5.41, 5.74) is 0.417. The highest BCUT2D eigenvalue weighted by atomic mass is 19.4. The van der Waals surface area contributed by atoms with Gasteiger partial charge in [-0.2, -0.15) is 13.2 Å². The molecule has 0 unspecified atom stereocenters. The molecular formula is C34H29F5N6O2. The van der Waals surface area contributed by atoms with Crippen molar-refractivity contribution in [2.45, 2.75) is 19.0 Å². The lowest BCUT2D eigenvalue weighted by atomic mass is 9.92. The van der Waals surface area contributed by atoms with Crippen LogP contribution in [0, 0.1) is 11.6 Å². The van der Waals surface area contributed by atoms with Crippen molar-refractivity contribution in [1.29, 1.82) is 0 Å². The maximum absolute atomic E-state index is 15.2. The van der Waals surface area contributed by atoms with Crippen molar-refractivity contribution in [1.82, 2.24) is 18.9 Å². The molecule has 47 heavy (non-hydrogen) atoms. The van der Waals surface area contributed by atoms with Gasteiger partial charge in [0.15, 0.2) is 0 Å². The molecule has 5 aromatic rings. The summed E-state index contributed by atoms with van der Waals surface area (Å²) in [7, 11) is 3.33. The lowest BCUT2D eigenvalue weighted by Gasteiger charge is -2.29. The summed E-state index contributed by atoms with van der Waals surface area (Å²) in [4.78, 5) is 34.4. The molecule has 1 saturated heterocycles. The van der Waals surface area contributed by atoms with Gasteiger partial charge in [0.05, 0.1) is 34.3 Å². The fourth-order valence-electron chi connectivity index (χ4n) is 6.43. The van der Waals surface area contributed by atoms with Gasteiger partial charge in [-0.05, 0) is 61.8 Å². The summed E-state index contributed by atoms with van der Waals surface area (Å²) in [5.74, 6) is -3.73. The number of likely N-dealkylation sites (tertiary alicyclic amines) is 1. The Bertz CT molecular complexity index is 2100. The van der Waals surface area contributed by atoms with Gasteiger partial charge in [-0.25, -0.2) is 13.8 Å². The number of carbonyl (C=O) groups is 2. The fraction of sp³-hybridized carbons (Fsp3) is 0.265. The molecule has 8 nitrogen and oxygen atoms in total. The van der Waals surface area contributed by atoms with Crippen molar-refractivity contribution in [2.24, 2.45) is 7.05 Å². The Hall–Kier alpha value is -5.04. The number of benzene rings is 2. The van der Waals surface area contributed by atoms with Gasteiger partial charge >= 0.3 is 6.18 Å². The molecule has 0 saturated carbocycles. The van der Waals surface area contributed by atoms with Gasteiger partial charge in [0.2, 0.25) is 11.7 Å². The minimum Gasteiger partial charge on any atom is -0.372 e. The second-order valence-corrected chi connectivity index (χ2v) is 11.9. The molecule has 0 atom stereocenters. The molecule has 13 heteroatoms. The van der Waals surface area contributed by atoms with Gasteiger partial charge in [0.25, 0.3) is 0 Å². The zero-order valence-corrected chi connectivity index (χ0v) is 25.5. The van der Waals surface area contributed by atoms with Crippen molar-refractivity contribution in [3.63, 3.8) is 0 Å². The topological polar surface area (TPSA) is 74.9 Å². The minimum absolute atomic E-state index is 0.0277. The number of nitrogens with zero attached hydrogens (tertiary/aromatic N) is 5. The summed E-state index contributed by atoms with van der Waals surface area (Å²) in [6, 6.07) is 7.43. The number of fused-ring (bicyclic) bond motifs is 4. The van der Waals surface area contributed by atoms with Gasteiger partial charge in [-0.3, -0.25) is 14.5 Å². The Morgan fingerprint density at radius 2 is 1.79 bits per heavy atom. The number of pyridine rings is 1.